The highest BCUT2D eigenvalue weighted by molar-refractivity contribution is 6.32. The third kappa shape index (κ3) is 5.23. The number of methoxy groups -OCH3 is 1. The van der Waals surface area contributed by atoms with Gasteiger partial charge in [-0.1, -0.05) is 23.7 Å². The summed E-state index contributed by atoms with van der Waals surface area (Å²) in [5.74, 6) is 0.783. The minimum Gasteiger partial charge on any atom is -0.495 e. The van der Waals surface area contributed by atoms with Crippen molar-refractivity contribution in [3.8, 4) is 5.75 Å². The van der Waals surface area contributed by atoms with Crippen LogP contribution in [0.2, 0.25) is 5.02 Å². The third-order valence-corrected chi connectivity index (χ3v) is 5.18. The second-order valence-corrected chi connectivity index (χ2v) is 7.14. The summed E-state index contributed by atoms with van der Waals surface area (Å²) >= 11 is 6.13. The van der Waals surface area contributed by atoms with E-state index in [4.69, 9.17) is 16.3 Å². The van der Waals surface area contributed by atoms with Crippen molar-refractivity contribution in [1.82, 2.24) is 14.8 Å². The molecule has 1 aliphatic heterocycles. The fraction of sp³-hybridized carbons (Fsp3) is 0.381. The van der Waals surface area contributed by atoms with Crippen molar-refractivity contribution in [2.24, 2.45) is 0 Å². The normalized spacial score (nSPS) is 14.1. The van der Waals surface area contributed by atoms with Crippen LogP contribution in [0.15, 0.2) is 42.6 Å². The number of hydrogen-bond acceptors (Lipinski definition) is 4. The van der Waals surface area contributed by atoms with E-state index in [1.165, 1.54) is 0 Å². The number of amides is 2. The monoisotopic (exact) mass is 401 g/mol. The van der Waals surface area contributed by atoms with E-state index in [1.807, 2.05) is 46.2 Å². The van der Waals surface area contributed by atoms with Crippen molar-refractivity contribution in [3.63, 3.8) is 0 Å². The summed E-state index contributed by atoms with van der Waals surface area (Å²) in [5, 5.41) is 0.549. The Morgan fingerprint density at radius 2 is 1.79 bits per heavy atom. The van der Waals surface area contributed by atoms with Crippen molar-refractivity contribution in [2.75, 3.05) is 33.3 Å². The van der Waals surface area contributed by atoms with Gasteiger partial charge in [0, 0.05) is 44.5 Å². The second kappa shape index (κ2) is 9.55. The van der Waals surface area contributed by atoms with Crippen molar-refractivity contribution in [2.45, 2.75) is 19.3 Å². The van der Waals surface area contributed by atoms with Gasteiger partial charge in [-0.2, -0.15) is 0 Å². The van der Waals surface area contributed by atoms with Gasteiger partial charge in [0.1, 0.15) is 5.75 Å². The molecule has 3 rings (SSSR count). The molecular weight excluding hydrogens is 378 g/mol. The first-order valence-electron chi connectivity index (χ1n) is 9.34. The van der Waals surface area contributed by atoms with E-state index in [0.29, 0.717) is 56.2 Å². The molecule has 0 spiro atoms. The van der Waals surface area contributed by atoms with Crippen LogP contribution in [0, 0.1) is 0 Å². The Hall–Kier alpha value is -2.60. The molecule has 28 heavy (non-hydrogen) atoms. The molecule has 0 unspecified atom stereocenters. The van der Waals surface area contributed by atoms with Crippen molar-refractivity contribution < 1.29 is 14.3 Å². The Morgan fingerprint density at radius 3 is 2.39 bits per heavy atom. The Balaban J connectivity index is 1.44. The smallest absolute Gasteiger partial charge is 0.228 e. The topological polar surface area (TPSA) is 62.7 Å². The lowest BCUT2D eigenvalue weighted by Gasteiger charge is -2.35. The Kier molecular flexibility index (Phi) is 6.87. The summed E-state index contributed by atoms with van der Waals surface area (Å²) < 4.78 is 5.14. The van der Waals surface area contributed by atoms with Crippen LogP contribution in [0.4, 0.5) is 0 Å². The number of aryl methyl sites for hydroxylation is 1. The first-order chi connectivity index (χ1) is 13.6. The molecule has 2 aromatic rings. The lowest BCUT2D eigenvalue weighted by molar-refractivity contribution is -0.139. The number of aromatic nitrogens is 1. The van der Waals surface area contributed by atoms with Gasteiger partial charge >= 0.3 is 0 Å². The van der Waals surface area contributed by atoms with E-state index in [2.05, 4.69) is 4.98 Å². The van der Waals surface area contributed by atoms with Crippen LogP contribution in [-0.2, 0) is 22.4 Å². The zero-order chi connectivity index (χ0) is 19.9. The molecule has 0 radical (unpaired) electrons. The summed E-state index contributed by atoms with van der Waals surface area (Å²) in [6.07, 6.45) is 3.04. The molecule has 7 heteroatoms. The average Bonchev–Trinajstić information content (AvgIpc) is 2.73. The van der Waals surface area contributed by atoms with Gasteiger partial charge in [-0.05, 0) is 36.2 Å². The number of nitrogens with zero attached hydrogens (tertiary/aromatic N) is 3. The minimum absolute atomic E-state index is 0.0543. The lowest BCUT2D eigenvalue weighted by Crippen LogP contribution is -2.51. The molecule has 0 aliphatic carbocycles. The van der Waals surface area contributed by atoms with Gasteiger partial charge in [-0.25, -0.2) is 0 Å². The number of pyridine rings is 1. The maximum atomic E-state index is 12.5. The number of ether oxygens (including phenoxy) is 1. The molecule has 148 valence electrons. The number of halogens is 1. The van der Waals surface area contributed by atoms with E-state index in [9.17, 15) is 9.59 Å². The number of carbonyl (C=O) groups excluding carboxylic acids is 2. The summed E-state index contributed by atoms with van der Waals surface area (Å²) in [6.45, 7) is 2.25. The van der Waals surface area contributed by atoms with Gasteiger partial charge in [-0.15, -0.1) is 0 Å². The Morgan fingerprint density at radius 1 is 1.07 bits per heavy atom. The molecule has 1 aromatic carbocycles. The van der Waals surface area contributed by atoms with Crippen molar-refractivity contribution in [1.29, 1.82) is 0 Å². The third-order valence-electron chi connectivity index (χ3n) is 4.89. The first kappa shape index (κ1) is 20.1. The highest BCUT2D eigenvalue weighted by Gasteiger charge is 2.24. The van der Waals surface area contributed by atoms with Gasteiger partial charge in [0.2, 0.25) is 11.8 Å². The quantitative estimate of drug-likeness (QED) is 0.746. The van der Waals surface area contributed by atoms with Gasteiger partial charge in [0.25, 0.3) is 0 Å². The zero-order valence-corrected chi connectivity index (χ0v) is 16.7. The lowest BCUT2D eigenvalue weighted by atomic mass is 10.1. The van der Waals surface area contributed by atoms with Crippen molar-refractivity contribution in [3.05, 3.63) is 58.9 Å². The van der Waals surface area contributed by atoms with E-state index >= 15 is 0 Å². The van der Waals surface area contributed by atoms with Crippen LogP contribution in [0.5, 0.6) is 5.75 Å². The highest BCUT2D eigenvalue weighted by atomic mass is 35.5. The first-order valence-corrected chi connectivity index (χ1v) is 9.72. The SMILES string of the molecule is COc1ccc(CCC(=O)N2CCN(C(=O)Cc3ccccn3)CC2)cc1Cl. The molecule has 2 heterocycles. The standard InChI is InChI=1S/C21H24ClN3O3/c1-28-19-7-5-16(14-18(19)22)6-8-20(26)24-10-12-25(13-11-24)21(27)15-17-4-2-3-9-23-17/h2-5,7,9,14H,6,8,10-13,15H2,1H3. The fourth-order valence-electron chi connectivity index (χ4n) is 3.25. The van der Waals surface area contributed by atoms with E-state index in [0.717, 1.165) is 11.3 Å². The average molecular weight is 402 g/mol. The number of benzene rings is 1. The molecule has 0 atom stereocenters. The maximum absolute atomic E-state index is 12.5. The molecule has 1 fully saturated rings. The van der Waals surface area contributed by atoms with Crippen LogP contribution >= 0.6 is 11.6 Å². The highest BCUT2D eigenvalue weighted by Crippen LogP contribution is 2.25. The molecule has 1 aliphatic rings. The van der Waals surface area contributed by atoms with E-state index in [-0.39, 0.29) is 11.8 Å². The zero-order valence-electron chi connectivity index (χ0n) is 15.9. The van der Waals surface area contributed by atoms with Crippen LogP contribution in [0.3, 0.4) is 0 Å². The van der Waals surface area contributed by atoms with Gasteiger partial charge in [0.15, 0.2) is 0 Å². The number of piperazine rings is 1. The van der Waals surface area contributed by atoms with Crippen LogP contribution in [0.1, 0.15) is 17.7 Å². The van der Waals surface area contributed by atoms with Crippen LogP contribution in [0.25, 0.3) is 0 Å². The Labute approximate surface area is 170 Å². The predicted octanol–water partition coefficient (Wildman–Crippen LogP) is 2.59. The summed E-state index contributed by atoms with van der Waals surface area (Å²) in [6, 6.07) is 11.1. The van der Waals surface area contributed by atoms with Gasteiger partial charge < -0.3 is 14.5 Å². The number of hydrogen-bond donors (Lipinski definition) is 0. The number of carbonyl (C=O) groups is 2. The largest absolute Gasteiger partial charge is 0.495 e. The molecule has 2 amide bonds. The summed E-state index contributed by atoms with van der Waals surface area (Å²) in [7, 11) is 1.57. The second-order valence-electron chi connectivity index (χ2n) is 6.73. The summed E-state index contributed by atoms with van der Waals surface area (Å²) in [4.78, 5) is 32.7. The maximum Gasteiger partial charge on any atom is 0.228 e. The van der Waals surface area contributed by atoms with E-state index < -0.39 is 0 Å². The molecule has 1 saturated heterocycles. The van der Waals surface area contributed by atoms with E-state index in [1.54, 1.807) is 13.3 Å². The van der Waals surface area contributed by atoms with Crippen LogP contribution < -0.4 is 4.74 Å². The molecule has 0 N–H and O–H groups in total. The predicted molar refractivity (Wildman–Crippen MR) is 107 cm³/mol. The molecule has 1 aromatic heterocycles. The molecular formula is C21H24ClN3O3. The minimum atomic E-state index is 0.0543. The molecule has 0 bridgehead atoms. The van der Waals surface area contributed by atoms with Gasteiger partial charge in [0.05, 0.1) is 18.6 Å². The molecule has 6 nitrogen and oxygen atoms in total. The summed E-state index contributed by atoms with van der Waals surface area (Å²) in [5.41, 5.74) is 1.77. The fourth-order valence-corrected chi connectivity index (χ4v) is 3.53. The molecule has 0 saturated carbocycles. The van der Waals surface area contributed by atoms with Crippen molar-refractivity contribution >= 4 is 23.4 Å². The Bertz CT molecular complexity index is 821. The van der Waals surface area contributed by atoms with Crippen LogP contribution in [-0.4, -0.2) is 59.9 Å². The number of rotatable bonds is 6. The van der Waals surface area contributed by atoms with Gasteiger partial charge in [-0.3, -0.25) is 14.6 Å².